The summed E-state index contributed by atoms with van der Waals surface area (Å²) in [7, 11) is 1.45. The number of rotatable bonds is 6. The van der Waals surface area contributed by atoms with Crippen molar-refractivity contribution in [3.63, 3.8) is 0 Å². The Hall–Kier alpha value is -1.23. The first kappa shape index (κ1) is 18.1. The highest BCUT2D eigenvalue weighted by Crippen LogP contribution is 2.23. The Morgan fingerprint density at radius 3 is 2.65 bits per heavy atom. The number of ether oxygens (including phenoxy) is 1. The van der Waals surface area contributed by atoms with E-state index in [4.69, 9.17) is 4.74 Å². The Balaban J connectivity index is 1.80. The van der Waals surface area contributed by atoms with Gasteiger partial charge >= 0.3 is 0 Å². The van der Waals surface area contributed by atoms with Gasteiger partial charge in [-0.05, 0) is 37.5 Å². The zero-order valence-corrected chi connectivity index (χ0v) is 14.8. The van der Waals surface area contributed by atoms with Crippen molar-refractivity contribution in [2.75, 3.05) is 7.11 Å². The molecule has 23 heavy (non-hydrogen) atoms. The Morgan fingerprint density at radius 1 is 1.35 bits per heavy atom. The first-order valence-electron chi connectivity index (χ1n) is 8.34. The molecule has 1 unspecified atom stereocenters. The SMILES string of the molecule is COc1ccc(CSC(C)C(=O)NC2CCCCCC2)cc1F. The smallest absolute Gasteiger partial charge is 0.233 e. The van der Waals surface area contributed by atoms with Crippen molar-refractivity contribution < 1.29 is 13.9 Å². The minimum absolute atomic E-state index is 0.0934. The van der Waals surface area contributed by atoms with Crippen molar-refractivity contribution in [2.24, 2.45) is 0 Å². The zero-order chi connectivity index (χ0) is 16.7. The van der Waals surface area contributed by atoms with Crippen LogP contribution in [0.5, 0.6) is 5.75 Å². The molecule has 0 aromatic heterocycles. The van der Waals surface area contributed by atoms with Gasteiger partial charge in [-0.25, -0.2) is 4.39 Å². The molecule has 1 saturated carbocycles. The lowest BCUT2D eigenvalue weighted by Crippen LogP contribution is -2.39. The number of carbonyl (C=O) groups is 1. The molecule has 0 radical (unpaired) electrons. The molecule has 0 saturated heterocycles. The van der Waals surface area contributed by atoms with Crippen LogP contribution in [-0.4, -0.2) is 24.3 Å². The van der Waals surface area contributed by atoms with E-state index in [1.807, 2.05) is 13.0 Å². The van der Waals surface area contributed by atoms with Crippen molar-refractivity contribution in [1.29, 1.82) is 0 Å². The maximum absolute atomic E-state index is 13.7. The fraction of sp³-hybridized carbons (Fsp3) is 0.611. The van der Waals surface area contributed by atoms with Crippen LogP contribution in [0.1, 0.15) is 51.0 Å². The Kier molecular flexibility index (Phi) is 7.21. The fourth-order valence-corrected chi connectivity index (χ4v) is 3.68. The molecule has 2 rings (SSSR count). The number of carbonyl (C=O) groups excluding carboxylic acids is 1. The average Bonchev–Trinajstić information content (AvgIpc) is 2.81. The summed E-state index contributed by atoms with van der Waals surface area (Å²) >= 11 is 1.53. The van der Waals surface area contributed by atoms with Crippen LogP contribution in [0.15, 0.2) is 18.2 Å². The molecule has 1 amide bonds. The molecular formula is C18H26FNO2S. The molecule has 128 valence electrons. The van der Waals surface area contributed by atoms with E-state index in [9.17, 15) is 9.18 Å². The third kappa shape index (κ3) is 5.72. The molecule has 3 nitrogen and oxygen atoms in total. The van der Waals surface area contributed by atoms with Gasteiger partial charge in [0.2, 0.25) is 5.91 Å². The highest BCUT2D eigenvalue weighted by atomic mass is 32.2. The topological polar surface area (TPSA) is 38.3 Å². The number of thioether (sulfide) groups is 1. The predicted octanol–water partition coefficient (Wildman–Crippen LogP) is 4.30. The lowest BCUT2D eigenvalue weighted by molar-refractivity contribution is -0.121. The maximum atomic E-state index is 13.7. The Morgan fingerprint density at radius 2 is 2.04 bits per heavy atom. The lowest BCUT2D eigenvalue weighted by Gasteiger charge is -2.19. The monoisotopic (exact) mass is 339 g/mol. The van der Waals surface area contributed by atoms with Crippen LogP contribution in [0.2, 0.25) is 0 Å². The van der Waals surface area contributed by atoms with E-state index >= 15 is 0 Å². The van der Waals surface area contributed by atoms with E-state index in [2.05, 4.69) is 5.32 Å². The highest BCUT2D eigenvalue weighted by Gasteiger charge is 2.19. The number of halogens is 1. The van der Waals surface area contributed by atoms with Crippen molar-refractivity contribution in [2.45, 2.75) is 62.5 Å². The van der Waals surface area contributed by atoms with Crippen LogP contribution >= 0.6 is 11.8 Å². The van der Waals surface area contributed by atoms with Gasteiger partial charge in [0.25, 0.3) is 0 Å². The van der Waals surface area contributed by atoms with Gasteiger partial charge in [0, 0.05) is 11.8 Å². The van der Waals surface area contributed by atoms with E-state index in [0.29, 0.717) is 11.8 Å². The molecule has 0 spiro atoms. The fourth-order valence-electron chi connectivity index (χ4n) is 2.84. The van der Waals surface area contributed by atoms with Gasteiger partial charge in [0.15, 0.2) is 11.6 Å². The predicted molar refractivity (Wildman–Crippen MR) is 93.3 cm³/mol. The summed E-state index contributed by atoms with van der Waals surface area (Å²) in [5, 5.41) is 3.03. The van der Waals surface area contributed by atoms with Crippen LogP contribution in [0.4, 0.5) is 4.39 Å². The number of hydrogen-bond acceptors (Lipinski definition) is 3. The Labute approximate surface area is 142 Å². The van der Waals surface area contributed by atoms with E-state index in [1.54, 1.807) is 6.07 Å². The molecule has 1 aromatic rings. The molecule has 5 heteroatoms. The first-order chi connectivity index (χ1) is 11.1. The van der Waals surface area contributed by atoms with Crippen LogP contribution in [0.25, 0.3) is 0 Å². The number of nitrogens with one attached hydrogen (secondary N) is 1. The third-order valence-corrected chi connectivity index (χ3v) is 5.50. The van der Waals surface area contributed by atoms with Crippen LogP contribution < -0.4 is 10.1 Å². The number of methoxy groups -OCH3 is 1. The zero-order valence-electron chi connectivity index (χ0n) is 13.9. The molecule has 1 fully saturated rings. The first-order valence-corrected chi connectivity index (χ1v) is 9.39. The molecule has 1 aliphatic carbocycles. The van der Waals surface area contributed by atoms with Gasteiger partial charge in [-0.1, -0.05) is 31.7 Å². The van der Waals surface area contributed by atoms with Crippen molar-refractivity contribution >= 4 is 17.7 Å². The summed E-state index contributed by atoms with van der Waals surface area (Å²) in [6.45, 7) is 1.91. The largest absolute Gasteiger partial charge is 0.494 e. The summed E-state index contributed by atoms with van der Waals surface area (Å²) in [5.41, 5.74) is 0.863. The van der Waals surface area contributed by atoms with Gasteiger partial charge in [-0.2, -0.15) is 0 Å². The van der Waals surface area contributed by atoms with E-state index in [0.717, 1.165) is 18.4 Å². The summed E-state index contributed by atoms with van der Waals surface area (Å²) in [5.74, 6) is 0.593. The van der Waals surface area contributed by atoms with Gasteiger partial charge in [-0.15, -0.1) is 11.8 Å². The molecule has 1 aliphatic rings. The molecule has 0 heterocycles. The van der Waals surface area contributed by atoms with Crippen molar-refractivity contribution in [3.05, 3.63) is 29.6 Å². The van der Waals surface area contributed by atoms with Crippen LogP contribution in [0, 0.1) is 5.82 Å². The molecular weight excluding hydrogens is 313 g/mol. The molecule has 1 N–H and O–H groups in total. The van der Waals surface area contributed by atoms with Gasteiger partial charge in [0.05, 0.1) is 12.4 Å². The lowest BCUT2D eigenvalue weighted by atomic mass is 10.1. The molecule has 0 aliphatic heterocycles. The Bertz CT molecular complexity index is 516. The van der Waals surface area contributed by atoms with Gasteiger partial charge in [-0.3, -0.25) is 4.79 Å². The standard InChI is InChI=1S/C18H26FNO2S/c1-13(18(21)20-15-7-5-3-4-6-8-15)23-12-14-9-10-17(22-2)16(19)11-14/h9-11,13,15H,3-8,12H2,1-2H3,(H,20,21). The summed E-state index contributed by atoms with van der Waals surface area (Å²) < 4.78 is 18.6. The maximum Gasteiger partial charge on any atom is 0.233 e. The molecule has 1 atom stereocenters. The number of hydrogen-bond donors (Lipinski definition) is 1. The average molecular weight is 339 g/mol. The number of amides is 1. The van der Waals surface area contributed by atoms with Crippen LogP contribution in [-0.2, 0) is 10.5 Å². The summed E-state index contributed by atoms with van der Waals surface area (Å²) in [6.07, 6.45) is 7.15. The highest BCUT2D eigenvalue weighted by molar-refractivity contribution is 7.99. The molecule has 1 aromatic carbocycles. The minimum atomic E-state index is -0.360. The second-order valence-electron chi connectivity index (χ2n) is 6.12. The number of benzene rings is 1. The van der Waals surface area contributed by atoms with E-state index in [1.165, 1.54) is 50.6 Å². The minimum Gasteiger partial charge on any atom is -0.494 e. The van der Waals surface area contributed by atoms with E-state index < -0.39 is 0 Å². The second kappa shape index (κ2) is 9.16. The van der Waals surface area contributed by atoms with Crippen LogP contribution in [0.3, 0.4) is 0 Å². The van der Waals surface area contributed by atoms with Crippen molar-refractivity contribution in [1.82, 2.24) is 5.32 Å². The third-order valence-electron chi connectivity index (χ3n) is 4.29. The van der Waals surface area contributed by atoms with Gasteiger partial charge in [0.1, 0.15) is 0 Å². The second-order valence-corrected chi connectivity index (χ2v) is 7.45. The van der Waals surface area contributed by atoms with Gasteiger partial charge < -0.3 is 10.1 Å². The summed E-state index contributed by atoms with van der Waals surface area (Å²) in [4.78, 5) is 12.3. The van der Waals surface area contributed by atoms with Crippen molar-refractivity contribution in [3.8, 4) is 5.75 Å². The van der Waals surface area contributed by atoms with E-state index in [-0.39, 0.29) is 22.7 Å². The quantitative estimate of drug-likeness (QED) is 0.786. The molecule has 0 bridgehead atoms. The normalized spacial score (nSPS) is 17.3. The summed E-state index contributed by atoms with van der Waals surface area (Å²) in [6, 6.07) is 5.26.